The molecular formula is C11H23N3S. The summed E-state index contributed by atoms with van der Waals surface area (Å²) in [6.07, 6.45) is 2.41. The Morgan fingerprint density at radius 2 is 2.20 bits per heavy atom. The molecule has 1 aliphatic rings. The third kappa shape index (κ3) is 3.95. The summed E-state index contributed by atoms with van der Waals surface area (Å²) in [7, 11) is 2.18. The van der Waals surface area contributed by atoms with Crippen LogP contribution in [0.15, 0.2) is 0 Å². The maximum atomic E-state index is 5.38. The van der Waals surface area contributed by atoms with Crippen LogP contribution in [-0.4, -0.2) is 54.2 Å². The van der Waals surface area contributed by atoms with Gasteiger partial charge in [0.15, 0.2) is 5.11 Å². The molecule has 1 unspecified atom stereocenters. The van der Waals surface area contributed by atoms with E-state index >= 15 is 0 Å². The fourth-order valence-corrected chi connectivity index (χ4v) is 1.98. The molecule has 0 radical (unpaired) electrons. The van der Waals surface area contributed by atoms with Crippen LogP contribution in [0.5, 0.6) is 0 Å². The highest BCUT2D eigenvalue weighted by Crippen LogP contribution is 2.06. The predicted octanol–water partition coefficient (Wildman–Crippen LogP) is 1.30. The van der Waals surface area contributed by atoms with Gasteiger partial charge in [-0.05, 0) is 32.6 Å². The summed E-state index contributed by atoms with van der Waals surface area (Å²) in [5, 5.41) is 4.26. The predicted molar refractivity (Wildman–Crippen MR) is 69.2 cm³/mol. The molecule has 0 aliphatic carbocycles. The van der Waals surface area contributed by atoms with Gasteiger partial charge >= 0.3 is 0 Å². The smallest absolute Gasteiger partial charge is 0.169 e. The van der Waals surface area contributed by atoms with Gasteiger partial charge in [-0.1, -0.05) is 13.3 Å². The minimum Gasteiger partial charge on any atom is -0.363 e. The van der Waals surface area contributed by atoms with Crippen molar-refractivity contribution in [1.82, 2.24) is 15.1 Å². The summed E-state index contributed by atoms with van der Waals surface area (Å²) in [6, 6.07) is 0.602. The molecule has 3 nitrogen and oxygen atoms in total. The second kappa shape index (κ2) is 6.28. The first-order valence-electron chi connectivity index (χ1n) is 5.88. The number of likely N-dealkylation sites (N-methyl/N-ethyl adjacent to an activating group) is 1. The lowest BCUT2D eigenvalue weighted by Crippen LogP contribution is -2.54. The van der Waals surface area contributed by atoms with Crippen molar-refractivity contribution in [1.29, 1.82) is 0 Å². The van der Waals surface area contributed by atoms with E-state index in [0.29, 0.717) is 6.04 Å². The normalized spacial score (nSPS) is 22.9. The van der Waals surface area contributed by atoms with Crippen LogP contribution in [-0.2, 0) is 0 Å². The van der Waals surface area contributed by atoms with E-state index in [-0.39, 0.29) is 0 Å². The molecule has 1 N–H and O–H groups in total. The SMILES string of the molecule is CCCCNC(=S)N1CCN(C)C(C)C1. The van der Waals surface area contributed by atoms with Crippen LogP contribution >= 0.6 is 12.2 Å². The summed E-state index contributed by atoms with van der Waals surface area (Å²) >= 11 is 5.38. The molecule has 15 heavy (non-hydrogen) atoms. The average Bonchev–Trinajstić information content (AvgIpc) is 2.22. The maximum Gasteiger partial charge on any atom is 0.169 e. The van der Waals surface area contributed by atoms with Gasteiger partial charge in [0.1, 0.15) is 0 Å². The zero-order valence-corrected chi connectivity index (χ0v) is 10.9. The van der Waals surface area contributed by atoms with Gasteiger partial charge in [0.2, 0.25) is 0 Å². The Hall–Kier alpha value is -0.350. The molecule has 0 spiro atoms. The molecule has 4 heteroatoms. The number of piperazine rings is 1. The van der Waals surface area contributed by atoms with Crippen molar-refractivity contribution in [2.75, 3.05) is 33.2 Å². The summed E-state index contributed by atoms with van der Waals surface area (Å²) in [5.41, 5.74) is 0. The highest BCUT2D eigenvalue weighted by molar-refractivity contribution is 7.80. The largest absolute Gasteiger partial charge is 0.363 e. The fraction of sp³-hybridized carbons (Fsp3) is 0.909. The van der Waals surface area contributed by atoms with Crippen molar-refractivity contribution in [2.24, 2.45) is 0 Å². The molecule has 0 amide bonds. The van der Waals surface area contributed by atoms with Crippen molar-refractivity contribution >= 4 is 17.3 Å². The van der Waals surface area contributed by atoms with Crippen LogP contribution < -0.4 is 5.32 Å². The fourth-order valence-electron chi connectivity index (χ4n) is 1.72. The topological polar surface area (TPSA) is 18.5 Å². The van der Waals surface area contributed by atoms with Crippen molar-refractivity contribution in [2.45, 2.75) is 32.7 Å². The first-order valence-corrected chi connectivity index (χ1v) is 6.29. The molecular weight excluding hydrogens is 206 g/mol. The summed E-state index contributed by atoms with van der Waals surface area (Å²) in [4.78, 5) is 4.67. The molecule has 1 heterocycles. The van der Waals surface area contributed by atoms with Crippen LogP contribution in [0.2, 0.25) is 0 Å². The Morgan fingerprint density at radius 3 is 2.80 bits per heavy atom. The molecule has 1 rings (SSSR count). The molecule has 0 bridgehead atoms. The Labute approximate surface area is 98.8 Å². The van der Waals surface area contributed by atoms with Gasteiger partial charge in [-0.3, -0.25) is 0 Å². The lowest BCUT2D eigenvalue weighted by molar-refractivity contribution is 0.152. The van der Waals surface area contributed by atoms with Gasteiger partial charge in [-0.2, -0.15) is 0 Å². The summed E-state index contributed by atoms with van der Waals surface area (Å²) < 4.78 is 0. The van der Waals surface area contributed by atoms with Gasteiger partial charge in [0.05, 0.1) is 0 Å². The molecule has 1 aliphatic heterocycles. The number of nitrogens with one attached hydrogen (secondary N) is 1. The van der Waals surface area contributed by atoms with Crippen molar-refractivity contribution in [3.05, 3.63) is 0 Å². The highest BCUT2D eigenvalue weighted by Gasteiger charge is 2.21. The quantitative estimate of drug-likeness (QED) is 0.580. The van der Waals surface area contributed by atoms with Crippen LogP contribution in [0.4, 0.5) is 0 Å². The second-order valence-corrected chi connectivity index (χ2v) is 4.75. The Morgan fingerprint density at radius 1 is 1.47 bits per heavy atom. The number of hydrogen-bond acceptors (Lipinski definition) is 2. The summed E-state index contributed by atoms with van der Waals surface area (Å²) in [6.45, 7) is 8.67. The van der Waals surface area contributed by atoms with E-state index in [1.807, 2.05) is 0 Å². The van der Waals surface area contributed by atoms with Crippen molar-refractivity contribution in [3.8, 4) is 0 Å². The van der Waals surface area contributed by atoms with Crippen LogP contribution in [0, 0.1) is 0 Å². The molecule has 0 aromatic heterocycles. The minimum atomic E-state index is 0.602. The molecule has 88 valence electrons. The first-order chi connectivity index (χ1) is 7.15. The van der Waals surface area contributed by atoms with Gasteiger partial charge < -0.3 is 15.1 Å². The number of thiocarbonyl (C=S) groups is 1. The second-order valence-electron chi connectivity index (χ2n) is 4.36. The monoisotopic (exact) mass is 229 g/mol. The minimum absolute atomic E-state index is 0.602. The van der Waals surface area contributed by atoms with E-state index in [1.165, 1.54) is 12.8 Å². The first kappa shape index (κ1) is 12.7. The van der Waals surface area contributed by atoms with E-state index in [9.17, 15) is 0 Å². The van der Waals surface area contributed by atoms with Gasteiger partial charge in [-0.25, -0.2) is 0 Å². The highest BCUT2D eigenvalue weighted by atomic mass is 32.1. The van der Waals surface area contributed by atoms with Crippen LogP contribution in [0.25, 0.3) is 0 Å². The maximum absolute atomic E-state index is 5.38. The van der Waals surface area contributed by atoms with Crippen LogP contribution in [0.1, 0.15) is 26.7 Å². The third-order valence-electron chi connectivity index (χ3n) is 3.05. The molecule has 1 fully saturated rings. The van der Waals surface area contributed by atoms with Gasteiger partial charge in [0.25, 0.3) is 0 Å². The van der Waals surface area contributed by atoms with E-state index in [2.05, 4.69) is 36.0 Å². The van der Waals surface area contributed by atoms with Crippen LogP contribution in [0.3, 0.4) is 0 Å². The molecule has 0 aromatic rings. The molecule has 1 saturated heterocycles. The van der Waals surface area contributed by atoms with E-state index in [0.717, 1.165) is 31.3 Å². The zero-order chi connectivity index (χ0) is 11.3. The third-order valence-corrected chi connectivity index (χ3v) is 3.46. The molecule has 0 saturated carbocycles. The Bertz CT molecular complexity index is 208. The zero-order valence-electron chi connectivity index (χ0n) is 10.1. The van der Waals surface area contributed by atoms with Crippen molar-refractivity contribution < 1.29 is 0 Å². The van der Waals surface area contributed by atoms with Gasteiger partial charge in [0, 0.05) is 32.2 Å². The molecule has 1 atom stereocenters. The Balaban J connectivity index is 2.28. The van der Waals surface area contributed by atoms with Gasteiger partial charge in [-0.15, -0.1) is 0 Å². The van der Waals surface area contributed by atoms with E-state index < -0.39 is 0 Å². The number of hydrogen-bond donors (Lipinski definition) is 1. The lowest BCUT2D eigenvalue weighted by atomic mass is 10.2. The summed E-state index contributed by atoms with van der Waals surface area (Å²) in [5.74, 6) is 0. The number of rotatable bonds is 3. The average molecular weight is 229 g/mol. The standard InChI is InChI=1S/C11H23N3S/c1-4-5-6-12-11(15)14-8-7-13(3)10(2)9-14/h10H,4-9H2,1-3H3,(H,12,15). The van der Waals surface area contributed by atoms with E-state index in [1.54, 1.807) is 0 Å². The molecule has 0 aromatic carbocycles. The lowest BCUT2D eigenvalue weighted by Gasteiger charge is -2.39. The number of nitrogens with zero attached hydrogens (tertiary/aromatic N) is 2. The number of unbranched alkanes of at least 4 members (excludes halogenated alkanes) is 1. The van der Waals surface area contributed by atoms with E-state index in [4.69, 9.17) is 12.2 Å². The Kier molecular flexibility index (Phi) is 5.32. The van der Waals surface area contributed by atoms with Crippen molar-refractivity contribution in [3.63, 3.8) is 0 Å².